The number of furan rings is 1. The van der Waals surface area contributed by atoms with Gasteiger partial charge in [-0.25, -0.2) is 4.79 Å². The summed E-state index contributed by atoms with van der Waals surface area (Å²) in [5, 5.41) is 7.76. The van der Waals surface area contributed by atoms with Gasteiger partial charge in [-0.05, 0) is 46.3 Å². The molecule has 0 unspecified atom stereocenters. The van der Waals surface area contributed by atoms with E-state index >= 15 is 0 Å². The van der Waals surface area contributed by atoms with Crippen molar-refractivity contribution in [3.63, 3.8) is 0 Å². The van der Waals surface area contributed by atoms with Crippen LogP contribution in [-0.4, -0.2) is 19.0 Å². The van der Waals surface area contributed by atoms with Crippen LogP contribution in [0.2, 0.25) is 0 Å². The topological polar surface area (TPSA) is 83.4 Å². The molecule has 0 saturated carbocycles. The molecule has 3 N–H and O–H groups in total. The van der Waals surface area contributed by atoms with E-state index in [-0.39, 0.29) is 17.7 Å². The molecule has 1 aromatic heterocycles. The van der Waals surface area contributed by atoms with E-state index < -0.39 is 0 Å². The Bertz CT molecular complexity index is 622. The number of hydrogen-bond donors (Lipinski definition) is 3. The number of anilines is 2. The third kappa shape index (κ3) is 3.39. The first kappa shape index (κ1) is 14.1. The highest BCUT2D eigenvalue weighted by Crippen LogP contribution is 2.20. The average Bonchev–Trinajstić information content (AvgIpc) is 2.87. The van der Waals surface area contributed by atoms with Gasteiger partial charge in [0.25, 0.3) is 5.91 Å². The molecule has 6 nitrogen and oxygen atoms in total. The van der Waals surface area contributed by atoms with Gasteiger partial charge in [-0.15, -0.1) is 0 Å². The maximum absolute atomic E-state index is 11.9. The summed E-state index contributed by atoms with van der Waals surface area (Å²) in [5.74, 6) is -0.147. The quantitative estimate of drug-likeness (QED) is 0.804. The van der Waals surface area contributed by atoms with Crippen molar-refractivity contribution in [1.82, 2.24) is 5.32 Å². The first-order chi connectivity index (χ1) is 9.60. The lowest BCUT2D eigenvalue weighted by molar-refractivity contribution is 0.0995. The van der Waals surface area contributed by atoms with E-state index in [2.05, 4.69) is 31.9 Å². The second kappa shape index (κ2) is 6.25. The number of urea groups is 1. The number of rotatable bonds is 3. The predicted octanol–water partition coefficient (Wildman–Crippen LogP) is 3.05. The predicted molar refractivity (Wildman–Crippen MR) is 78.9 cm³/mol. The minimum Gasteiger partial charge on any atom is -0.458 e. The van der Waals surface area contributed by atoms with Crippen molar-refractivity contribution in [2.75, 3.05) is 17.7 Å². The molecule has 0 aliphatic carbocycles. The molecule has 7 heteroatoms. The second-order valence-electron chi connectivity index (χ2n) is 3.83. The Kier molecular flexibility index (Phi) is 4.41. The smallest absolute Gasteiger partial charge is 0.318 e. The minimum atomic E-state index is -0.353. The Morgan fingerprint density at radius 2 is 1.65 bits per heavy atom. The van der Waals surface area contributed by atoms with E-state index in [0.717, 1.165) is 0 Å². The van der Waals surface area contributed by atoms with Gasteiger partial charge in [-0.1, -0.05) is 0 Å². The van der Waals surface area contributed by atoms with Gasteiger partial charge in [0.15, 0.2) is 0 Å². The number of nitrogens with one attached hydrogen (secondary N) is 3. The summed E-state index contributed by atoms with van der Waals surface area (Å²) in [4.78, 5) is 23.0. The largest absolute Gasteiger partial charge is 0.458 e. The summed E-state index contributed by atoms with van der Waals surface area (Å²) in [6.07, 6.45) is 1.43. The van der Waals surface area contributed by atoms with Crippen LogP contribution in [0, 0.1) is 0 Å². The van der Waals surface area contributed by atoms with Crippen LogP contribution < -0.4 is 16.0 Å². The van der Waals surface area contributed by atoms with E-state index in [9.17, 15) is 9.59 Å². The van der Waals surface area contributed by atoms with Crippen LogP contribution in [-0.2, 0) is 0 Å². The third-order valence-corrected chi connectivity index (χ3v) is 3.08. The average molecular weight is 338 g/mol. The van der Waals surface area contributed by atoms with Gasteiger partial charge in [0, 0.05) is 18.4 Å². The zero-order valence-corrected chi connectivity index (χ0v) is 12.2. The third-order valence-electron chi connectivity index (χ3n) is 2.45. The molecule has 0 radical (unpaired) electrons. The lowest BCUT2D eigenvalue weighted by atomic mass is 10.2. The van der Waals surface area contributed by atoms with Crippen molar-refractivity contribution in [2.24, 2.45) is 0 Å². The van der Waals surface area contributed by atoms with E-state index in [1.54, 1.807) is 30.3 Å². The lowest BCUT2D eigenvalue weighted by Crippen LogP contribution is -2.24. The summed E-state index contributed by atoms with van der Waals surface area (Å²) in [6.45, 7) is 0. The standard InChI is InChI=1S/C13H12BrN3O3/c1-15-13(19)17-9-4-2-8(3-5-9)16-12(18)11-10(14)6-7-20-11/h2-7H,1H3,(H,16,18)(H2,15,17,19). The Morgan fingerprint density at radius 1 is 1.05 bits per heavy atom. The zero-order valence-electron chi connectivity index (χ0n) is 10.6. The molecule has 0 saturated heterocycles. The van der Waals surface area contributed by atoms with E-state index in [0.29, 0.717) is 15.8 Å². The molecule has 0 bridgehead atoms. The maximum atomic E-state index is 11.9. The van der Waals surface area contributed by atoms with Crippen LogP contribution in [0.5, 0.6) is 0 Å². The van der Waals surface area contributed by atoms with Crippen LogP contribution >= 0.6 is 15.9 Å². The number of benzene rings is 1. The van der Waals surface area contributed by atoms with Gasteiger partial charge in [0.05, 0.1) is 10.7 Å². The lowest BCUT2D eigenvalue weighted by Gasteiger charge is -2.06. The van der Waals surface area contributed by atoms with E-state index in [1.807, 2.05) is 0 Å². The molecule has 2 rings (SSSR count). The van der Waals surface area contributed by atoms with Crippen LogP contribution in [0.1, 0.15) is 10.6 Å². The van der Waals surface area contributed by atoms with Gasteiger partial charge in [0.2, 0.25) is 5.76 Å². The van der Waals surface area contributed by atoms with Crippen molar-refractivity contribution in [3.8, 4) is 0 Å². The molecule has 104 valence electrons. The SMILES string of the molecule is CNC(=O)Nc1ccc(NC(=O)c2occc2Br)cc1. The number of carbonyl (C=O) groups is 2. The molecule has 20 heavy (non-hydrogen) atoms. The Morgan fingerprint density at radius 3 is 2.15 bits per heavy atom. The molecule has 0 aliphatic heterocycles. The summed E-state index contributed by atoms with van der Waals surface area (Å²) < 4.78 is 5.66. The Labute approximate surface area is 123 Å². The molecule has 0 aliphatic rings. The molecular formula is C13H12BrN3O3. The zero-order chi connectivity index (χ0) is 14.5. The number of halogens is 1. The fourth-order valence-electron chi connectivity index (χ4n) is 1.47. The van der Waals surface area contributed by atoms with Crippen molar-refractivity contribution in [3.05, 3.63) is 46.8 Å². The first-order valence-electron chi connectivity index (χ1n) is 5.73. The molecule has 3 amide bonds. The van der Waals surface area contributed by atoms with Crippen LogP contribution in [0.3, 0.4) is 0 Å². The number of hydrogen-bond acceptors (Lipinski definition) is 3. The van der Waals surface area contributed by atoms with Gasteiger partial charge >= 0.3 is 6.03 Å². The minimum absolute atomic E-state index is 0.206. The van der Waals surface area contributed by atoms with Crippen molar-refractivity contribution < 1.29 is 14.0 Å². The normalized spacial score (nSPS) is 9.90. The van der Waals surface area contributed by atoms with Crippen LogP contribution in [0.15, 0.2) is 45.5 Å². The van der Waals surface area contributed by atoms with Crippen molar-refractivity contribution >= 4 is 39.2 Å². The monoisotopic (exact) mass is 337 g/mol. The van der Waals surface area contributed by atoms with E-state index in [1.165, 1.54) is 13.3 Å². The fraction of sp³-hybridized carbons (Fsp3) is 0.0769. The van der Waals surface area contributed by atoms with E-state index in [4.69, 9.17) is 4.42 Å². The Balaban J connectivity index is 2.02. The highest BCUT2D eigenvalue weighted by Gasteiger charge is 2.13. The molecule has 0 fully saturated rings. The molecule has 0 spiro atoms. The summed E-state index contributed by atoms with van der Waals surface area (Å²) in [6, 6.07) is 8.07. The summed E-state index contributed by atoms with van der Waals surface area (Å²) in [7, 11) is 1.53. The molecule has 1 aromatic carbocycles. The number of carbonyl (C=O) groups excluding carboxylic acids is 2. The maximum Gasteiger partial charge on any atom is 0.318 e. The molecular weight excluding hydrogens is 326 g/mol. The summed E-state index contributed by atoms with van der Waals surface area (Å²) >= 11 is 3.22. The molecule has 0 atom stereocenters. The van der Waals surface area contributed by atoms with Crippen molar-refractivity contribution in [2.45, 2.75) is 0 Å². The highest BCUT2D eigenvalue weighted by atomic mass is 79.9. The van der Waals surface area contributed by atoms with Gasteiger partial charge in [-0.3, -0.25) is 4.79 Å². The van der Waals surface area contributed by atoms with Gasteiger partial charge < -0.3 is 20.4 Å². The molecule has 2 aromatic rings. The number of amides is 3. The van der Waals surface area contributed by atoms with Gasteiger partial charge in [-0.2, -0.15) is 0 Å². The van der Waals surface area contributed by atoms with Gasteiger partial charge in [0.1, 0.15) is 0 Å². The van der Waals surface area contributed by atoms with Crippen LogP contribution in [0.4, 0.5) is 16.2 Å². The second-order valence-corrected chi connectivity index (χ2v) is 4.69. The fourth-order valence-corrected chi connectivity index (χ4v) is 1.86. The summed E-state index contributed by atoms with van der Waals surface area (Å²) in [5.41, 5.74) is 1.22. The Hall–Kier alpha value is -2.28. The highest BCUT2D eigenvalue weighted by molar-refractivity contribution is 9.10. The van der Waals surface area contributed by atoms with Crippen molar-refractivity contribution in [1.29, 1.82) is 0 Å². The molecule has 1 heterocycles. The first-order valence-corrected chi connectivity index (χ1v) is 6.52. The van der Waals surface area contributed by atoms with Crippen LogP contribution in [0.25, 0.3) is 0 Å².